The Bertz CT molecular complexity index is 204. The molecule has 0 heterocycles. The van der Waals surface area contributed by atoms with E-state index in [1.54, 1.807) is 7.05 Å². The second-order valence-corrected chi connectivity index (χ2v) is 4.27. The molecule has 2 N–H and O–H groups in total. The van der Waals surface area contributed by atoms with Crippen LogP contribution in [0.1, 0.15) is 12.8 Å². The van der Waals surface area contributed by atoms with Crippen LogP contribution < -0.4 is 0 Å². The molecule has 90 valence electrons. The molecule has 1 aliphatic rings. The molecular formula is C9H16F3NO2. The summed E-state index contributed by atoms with van der Waals surface area (Å²) in [4.78, 5) is 1.45. The van der Waals surface area contributed by atoms with Gasteiger partial charge in [0.05, 0.1) is 6.10 Å². The highest BCUT2D eigenvalue weighted by molar-refractivity contribution is 4.81. The molecule has 0 radical (unpaired) electrons. The van der Waals surface area contributed by atoms with Crippen LogP contribution in [-0.2, 0) is 0 Å². The maximum absolute atomic E-state index is 12.0. The van der Waals surface area contributed by atoms with E-state index in [1.807, 2.05) is 0 Å². The van der Waals surface area contributed by atoms with Gasteiger partial charge in [-0.3, -0.25) is 0 Å². The van der Waals surface area contributed by atoms with Gasteiger partial charge in [-0.15, -0.1) is 0 Å². The Hall–Kier alpha value is -0.330. The highest BCUT2D eigenvalue weighted by Gasteiger charge is 2.39. The standard InChI is InChI=1S/C9H16F3NO2/c1-13(4-6-2-7(14)3-6)5-8(15)9(10,11)12/h6-8,14-15H,2-5H2,1H3. The minimum atomic E-state index is -4.55. The van der Waals surface area contributed by atoms with Gasteiger partial charge in [-0.1, -0.05) is 0 Å². The van der Waals surface area contributed by atoms with Gasteiger partial charge < -0.3 is 15.1 Å². The van der Waals surface area contributed by atoms with E-state index < -0.39 is 18.8 Å². The third-order valence-electron chi connectivity index (χ3n) is 2.64. The van der Waals surface area contributed by atoms with Gasteiger partial charge >= 0.3 is 6.18 Å². The van der Waals surface area contributed by atoms with E-state index in [4.69, 9.17) is 10.2 Å². The average Bonchev–Trinajstić information content (AvgIpc) is 1.99. The van der Waals surface area contributed by atoms with Crippen molar-refractivity contribution in [3.63, 3.8) is 0 Å². The van der Waals surface area contributed by atoms with E-state index in [0.29, 0.717) is 19.4 Å². The summed E-state index contributed by atoms with van der Waals surface area (Å²) < 4.78 is 36.0. The van der Waals surface area contributed by atoms with Crippen LogP contribution in [0.5, 0.6) is 0 Å². The van der Waals surface area contributed by atoms with E-state index in [-0.39, 0.29) is 12.0 Å². The minimum Gasteiger partial charge on any atom is -0.393 e. The number of halogens is 3. The fraction of sp³-hybridized carbons (Fsp3) is 1.00. The van der Waals surface area contributed by atoms with Crippen molar-refractivity contribution in [2.45, 2.75) is 31.2 Å². The first-order valence-corrected chi connectivity index (χ1v) is 4.90. The lowest BCUT2D eigenvalue weighted by Crippen LogP contribution is -2.43. The molecule has 0 aliphatic heterocycles. The summed E-state index contributed by atoms with van der Waals surface area (Å²) in [6, 6.07) is 0. The van der Waals surface area contributed by atoms with E-state index in [0.717, 1.165) is 0 Å². The quantitative estimate of drug-likeness (QED) is 0.739. The number of nitrogens with zero attached hydrogens (tertiary/aromatic N) is 1. The molecule has 0 aromatic rings. The van der Waals surface area contributed by atoms with Gasteiger partial charge in [0, 0.05) is 13.1 Å². The highest BCUT2D eigenvalue weighted by Crippen LogP contribution is 2.28. The van der Waals surface area contributed by atoms with Crippen LogP contribution in [0.15, 0.2) is 0 Å². The Morgan fingerprint density at radius 3 is 2.33 bits per heavy atom. The summed E-state index contributed by atoms with van der Waals surface area (Å²) in [6.07, 6.45) is -5.84. The molecule has 6 heteroatoms. The van der Waals surface area contributed by atoms with Gasteiger partial charge in [-0.25, -0.2) is 0 Å². The molecule has 3 nitrogen and oxygen atoms in total. The van der Waals surface area contributed by atoms with Crippen molar-refractivity contribution in [2.24, 2.45) is 5.92 Å². The van der Waals surface area contributed by atoms with Crippen LogP contribution in [0.25, 0.3) is 0 Å². The summed E-state index contributed by atoms with van der Waals surface area (Å²) >= 11 is 0. The summed E-state index contributed by atoms with van der Waals surface area (Å²) in [5.74, 6) is 0.255. The lowest BCUT2D eigenvalue weighted by atomic mass is 9.82. The van der Waals surface area contributed by atoms with Crippen LogP contribution in [0.3, 0.4) is 0 Å². The van der Waals surface area contributed by atoms with Gasteiger partial charge in [0.25, 0.3) is 0 Å². The number of aliphatic hydroxyl groups excluding tert-OH is 2. The van der Waals surface area contributed by atoms with Crippen molar-refractivity contribution in [2.75, 3.05) is 20.1 Å². The Morgan fingerprint density at radius 2 is 1.93 bits per heavy atom. The largest absolute Gasteiger partial charge is 0.415 e. The van der Waals surface area contributed by atoms with Crippen molar-refractivity contribution in [1.29, 1.82) is 0 Å². The third-order valence-corrected chi connectivity index (χ3v) is 2.64. The Morgan fingerprint density at radius 1 is 1.40 bits per heavy atom. The SMILES string of the molecule is CN(CC1CC(O)C1)CC(O)C(F)(F)F. The molecule has 0 aromatic heterocycles. The molecule has 0 saturated heterocycles. The van der Waals surface area contributed by atoms with Crippen LogP contribution in [-0.4, -0.2) is 53.6 Å². The van der Waals surface area contributed by atoms with Crippen LogP contribution in [0.2, 0.25) is 0 Å². The molecule has 0 spiro atoms. The number of rotatable bonds is 4. The van der Waals surface area contributed by atoms with Gasteiger partial charge in [0.15, 0.2) is 6.10 Å². The Balaban J connectivity index is 2.21. The summed E-state index contributed by atoms with van der Waals surface area (Å²) in [5.41, 5.74) is 0. The fourth-order valence-electron chi connectivity index (χ4n) is 1.76. The Kier molecular flexibility index (Phi) is 3.97. The molecule has 1 saturated carbocycles. The molecule has 15 heavy (non-hydrogen) atoms. The zero-order valence-electron chi connectivity index (χ0n) is 8.54. The topological polar surface area (TPSA) is 43.7 Å². The van der Waals surface area contributed by atoms with E-state index in [1.165, 1.54) is 4.90 Å². The second-order valence-electron chi connectivity index (χ2n) is 4.27. The number of hydrogen-bond acceptors (Lipinski definition) is 3. The van der Waals surface area contributed by atoms with Crippen LogP contribution >= 0.6 is 0 Å². The molecule has 0 bridgehead atoms. The van der Waals surface area contributed by atoms with Crippen molar-refractivity contribution in [1.82, 2.24) is 4.90 Å². The van der Waals surface area contributed by atoms with Gasteiger partial charge in [-0.2, -0.15) is 13.2 Å². The van der Waals surface area contributed by atoms with Crippen LogP contribution in [0, 0.1) is 5.92 Å². The monoisotopic (exact) mass is 227 g/mol. The first kappa shape index (κ1) is 12.7. The average molecular weight is 227 g/mol. The molecule has 1 fully saturated rings. The summed E-state index contributed by atoms with van der Waals surface area (Å²) in [6.45, 7) is 0.0836. The third kappa shape index (κ3) is 3.96. The summed E-state index contributed by atoms with van der Waals surface area (Å²) in [5, 5.41) is 17.8. The van der Waals surface area contributed by atoms with E-state index in [2.05, 4.69) is 0 Å². The molecule has 1 rings (SSSR count). The lowest BCUT2D eigenvalue weighted by Gasteiger charge is -2.35. The minimum absolute atomic E-state index is 0.255. The predicted octanol–water partition coefficient (Wildman–Crippen LogP) is 0.612. The molecule has 1 atom stereocenters. The van der Waals surface area contributed by atoms with Crippen molar-refractivity contribution in [3.8, 4) is 0 Å². The lowest BCUT2D eigenvalue weighted by molar-refractivity contribution is -0.208. The zero-order valence-corrected chi connectivity index (χ0v) is 8.54. The van der Waals surface area contributed by atoms with Crippen molar-refractivity contribution in [3.05, 3.63) is 0 Å². The number of alkyl halides is 3. The Labute approximate surface area is 86.5 Å². The molecule has 1 unspecified atom stereocenters. The zero-order chi connectivity index (χ0) is 11.6. The number of aliphatic hydroxyl groups is 2. The van der Waals surface area contributed by atoms with Gasteiger partial charge in [0.2, 0.25) is 0 Å². The maximum Gasteiger partial charge on any atom is 0.415 e. The normalized spacial score (nSPS) is 29.0. The predicted molar refractivity (Wildman–Crippen MR) is 48.3 cm³/mol. The fourth-order valence-corrected chi connectivity index (χ4v) is 1.76. The van der Waals surface area contributed by atoms with E-state index in [9.17, 15) is 13.2 Å². The second kappa shape index (κ2) is 4.67. The molecular weight excluding hydrogens is 211 g/mol. The van der Waals surface area contributed by atoms with E-state index >= 15 is 0 Å². The van der Waals surface area contributed by atoms with Crippen molar-refractivity contribution >= 4 is 0 Å². The number of hydrogen-bond donors (Lipinski definition) is 2. The van der Waals surface area contributed by atoms with Gasteiger partial charge in [0.1, 0.15) is 0 Å². The maximum atomic E-state index is 12.0. The van der Waals surface area contributed by atoms with Crippen molar-refractivity contribution < 1.29 is 23.4 Å². The van der Waals surface area contributed by atoms with Gasteiger partial charge in [-0.05, 0) is 25.8 Å². The summed E-state index contributed by atoms with van der Waals surface area (Å²) in [7, 11) is 1.54. The molecule has 0 amide bonds. The number of likely N-dealkylation sites (N-methyl/N-ethyl adjacent to an activating group) is 1. The van der Waals surface area contributed by atoms with Crippen LogP contribution in [0.4, 0.5) is 13.2 Å². The molecule has 0 aromatic carbocycles. The highest BCUT2D eigenvalue weighted by atomic mass is 19.4. The first-order valence-electron chi connectivity index (χ1n) is 4.90. The smallest absolute Gasteiger partial charge is 0.393 e. The first-order chi connectivity index (χ1) is 6.79. The molecule has 1 aliphatic carbocycles.